The second-order valence-corrected chi connectivity index (χ2v) is 9.81. The maximum Gasteiger partial charge on any atom is 0.265 e. The molecule has 2 aromatic rings. The van der Waals surface area contributed by atoms with E-state index in [1.54, 1.807) is 24.3 Å². The zero-order valence-electron chi connectivity index (χ0n) is 17.5. The van der Waals surface area contributed by atoms with Gasteiger partial charge in [-0.05, 0) is 40.8 Å². The Balaban J connectivity index is 1.71. The molecule has 2 fully saturated rings. The molecule has 0 aliphatic carbocycles. The molecule has 7 nitrogen and oxygen atoms in total. The van der Waals surface area contributed by atoms with Crippen molar-refractivity contribution in [1.29, 1.82) is 0 Å². The smallest absolute Gasteiger partial charge is 0.265 e. The van der Waals surface area contributed by atoms with Crippen LogP contribution in [0.25, 0.3) is 0 Å². The predicted octanol–water partition coefficient (Wildman–Crippen LogP) is 3.08. The van der Waals surface area contributed by atoms with Crippen molar-refractivity contribution >= 4 is 39.3 Å². The van der Waals surface area contributed by atoms with Gasteiger partial charge < -0.3 is 5.73 Å². The van der Waals surface area contributed by atoms with E-state index in [1.165, 1.54) is 9.96 Å². The first-order valence-corrected chi connectivity index (χ1v) is 10.8. The van der Waals surface area contributed by atoms with Crippen LogP contribution in [0.2, 0.25) is 0 Å². The molecule has 2 N–H and O–H groups in total. The lowest BCUT2D eigenvalue weighted by molar-refractivity contribution is -0.175. The third-order valence-corrected chi connectivity index (χ3v) is 6.24. The van der Waals surface area contributed by atoms with Gasteiger partial charge in [-0.15, -0.1) is 0 Å². The molecule has 8 heteroatoms. The van der Waals surface area contributed by atoms with Gasteiger partial charge in [0.15, 0.2) is 6.10 Å². The number of fused-ring (bicyclic) bond motifs is 1. The average molecular weight is 486 g/mol. The minimum absolute atomic E-state index is 0.0301. The lowest BCUT2D eigenvalue weighted by Gasteiger charge is -2.27. The quantitative estimate of drug-likeness (QED) is 0.671. The van der Waals surface area contributed by atoms with Crippen LogP contribution in [0.1, 0.15) is 37.9 Å². The normalized spacial score (nSPS) is 24.0. The van der Waals surface area contributed by atoms with Gasteiger partial charge in [0.1, 0.15) is 6.54 Å². The second kappa shape index (κ2) is 7.85. The highest BCUT2D eigenvalue weighted by Gasteiger charge is 2.60. The fourth-order valence-corrected chi connectivity index (χ4v) is 4.42. The van der Waals surface area contributed by atoms with Crippen LogP contribution in [-0.4, -0.2) is 35.4 Å². The largest absolute Gasteiger partial charge is 0.368 e. The first-order chi connectivity index (χ1) is 14.6. The maximum atomic E-state index is 13.4. The number of nitrogens with zero attached hydrogens (tertiary/aromatic N) is 2. The number of anilines is 1. The molecule has 2 saturated heterocycles. The van der Waals surface area contributed by atoms with E-state index in [-0.39, 0.29) is 17.9 Å². The summed E-state index contributed by atoms with van der Waals surface area (Å²) < 4.78 is 0.844. The number of benzene rings is 2. The molecule has 0 radical (unpaired) electrons. The van der Waals surface area contributed by atoms with Crippen molar-refractivity contribution in [2.45, 2.75) is 38.3 Å². The molecule has 3 amide bonds. The number of primary amides is 1. The van der Waals surface area contributed by atoms with E-state index >= 15 is 0 Å². The standard InChI is InChI=1S/C23H24BrN3O4/c1-23(2,3)14-6-4-13(5-7-14)19-18-20(31-26(19)12-17(25)28)22(30)27(21(18)29)16-10-8-15(24)9-11-16/h4-11,18-20H,12H2,1-3H3,(H2,25,28). The molecule has 0 bridgehead atoms. The number of amides is 3. The Morgan fingerprint density at radius 2 is 1.65 bits per heavy atom. The molecule has 162 valence electrons. The summed E-state index contributed by atoms with van der Waals surface area (Å²) in [6.45, 7) is 6.14. The number of halogens is 1. The summed E-state index contributed by atoms with van der Waals surface area (Å²) in [5, 5.41) is 1.37. The molecular weight excluding hydrogens is 462 g/mol. The van der Waals surface area contributed by atoms with Gasteiger partial charge in [0, 0.05) is 4.47 Å². The number of nitrogens with two attached hydrogens (primary N) is 1. The molecule has 0 saturated carbocycles. The van der Waals surface area contributed by atoms with Crippen LogP contribution in [0.5, 0.6) is 0 Å². The minimum Gasteiger partial charge on any atom is -0.368 e. The number of carbonyl (C=O) groups excluding carboxylic acids is 3. The Hall–Kier alpha value is -2.55. The SMILES string of the molecule is CC(C)(C)c1ccc(C2C3C(=O)N(c4ccc(Br)cc4)C(=O)C3ON2CC(N)=O)cc1. The monoisotopic (exact) mass is 485 g/mol. The Bertz CT molecular complexity index is 1030. The van der Waals surface area contributed by atoms with Crippen LogP contribution in [0, 0.1) is 5.92 Å². The lowest BCUT2D eigenvalue weighted by Crippen LogP contribution is -2.40. The molecule has 2 aliphatic rings. The van der Waals surface area contributed by atoms with E-state index in [0.717, 1.165) is 15.6 Å². The Morgan fingerprint density at radius 1 is 1.03 bits per heavy atom. The molecule has 2 aliphatic heterocycles. The van der Waals surface area contributed by atoms with Crippen molar-refractivity contribution in [3.8, 4) is 0 Å². The van der Waals surface area contributed by atoms with Crippen molar-refractivity contribution < 1.29 is 19.2 Å². The van der Waals surface area contributed by atoms with Gasteiger partial charge in [-0.3, -0.25) is 19.2 Å². The van der Waals surface area contributed by atoms with Gasteiger partial charge >= 0.3 is 0 Å². The summed E-state index contributed by atoms with van der Waals surface area (Å²) in [5.41, 5.74) is 7.79. The van der Waals surface area contributed by atoms with E-state index in [0.29, 0.717) is 5.69 Å². The van der Waals surface area contributed by atoms with Gasteiger partial charge in [-0.1, -0.05) is 61.0 Å². The number of imide groups is 1. The number of carbonyl (C=O) groups is 3. The summed E-state index contributed by atoms with van der Waals surface area (Å²) >= 11 is 3.36. The van der Waals surface area contributed by atoms with Gasteiger partial charge in [0.25, 0.3) is 5.91 Å². The van der Waals surface area contributed by atoms with Crippen molar-refractivity contribution in [2.24, 2.45) is 11.7 Å². The fraction of sp³-hybridized carbons (Fsp3) is 0.348. The predicted molar refractivity (Wildman–Crippen MR) is 119 cm³/mol. The highest BCUT2D eigenvalue weighted by molar-refractivity contribution is 9.10. The summed E-state index contributed by atoms with van der Waals surface area (Å²) in [7, 11) is 0. The molecule has 4 rings (SSSR count). The van der Waals surface area contributed by atoms with Gasteiger partial charge in [0.2, 0.25) is 11.8 Å². The van der Waals surface area contributed by atoms with E-state index in [2.05, 4.69) is 36.7 Å². The zero-order chi connectivity index (χ0) is 22.5. The first kappa shape index (κ1) is 21.7. The lowest BCUT2D eigenvalue weighted by atomic mass is 9.84. The third-order valence-electron chi connectivity index (χ3n) is 5.71. The van der Waals surface area contributed by atoms with Crippen LogP contribution in [-0.2, 0) is 24.6 Å². The molecule has 3 unspecified atom stereocenters. The van der Waals surface area contributed by atoms with E-state index in [9.17, 15) is 14.4 Å². The number of hydrogen-bond acceptors (Lipinski definition) is 5. The number of hydroxylamine groups is 2. The second-order valence-electron chi connectivity index (χ2n) is 8.90. The molecule has 2 aromatic carbocycles. The maximum absolute atomic E-state index is 13.4. The van der Waals surface area contributed by atoms with Gasteiger partial charge in [-0.2, -0.15) is 5.06 Å². The Labute approximate surface area is 189 Å². The minimum atomic E-state index is -0.997. The highest BCUT2D eigenvalue weighted by Crippen LogP contribution is 2.45. The van der Waals surface area contributed by atoms with Crippen LogP contribution in [0.3, 0.4) is 0 Å². The topological polar surface area (TPSA) is 92.9 Å². The first-order valence-electron chi connectivity index (χ1n) is 10.0. The van der Waals surface area contributed by atoms with E-state index in [4.69, 9.17) is 10.6 Å². The van der Waals surface area contributed by atoms with Crippen molar-refractivity contribution in [1.82, 2.24) is 5.06 Å². The van der Waals surface area contributed by atoms with Crippen LogP contribution in [0.15, 0.2) is 53.0 Å². The van der Waals surface area contributed by atoms with Gasteiger partial charge in [0.05, 0.1) is 17.6 Å². The molecule has 3 atom stereocenters. The third kappa shape index (κ3) is 3.91. The average Bonchev–Trinajstić information content (AvgIpc) is 3.17. The summed E-state index contributed by atoms with van der Waals surface area (Å²) in [6, 6.07) is 14.2. The van der Waals surface area contributed by atoms with Gasteiger partial charge in [-0.25, -0.2) is 4.90 Å². The zero-order valence-corrected chi connectivity index (χ0v) is 19.1. The summed E-state index contributed by atoms with van der Waals surface area (Å²) in [6.07, 6.45) is -0.997. The van der Waals surface area contributed by atoms with Crippen LogP contribution in [0.4, 0.5) is 5.69 Å². The highest BCUT2D eigenvalue weighted by atomic mass is 79.9. The molecule has 0 spiro atoms. The summed E-state index contributed by atoms with van der Waals surface area (Å²) in [4.78, 5) is 45.1. The number of hydrogen-bond donors (Lipinski definition) is 1. The van der Waals surface area contributed by atoms with Crippen LogP contribution >= 0.6 is 15.9 Å². The molecule has 0 aromatic heterocycles. The Morgan fingerprint density at radius 3 is 2.19 bits per heavy atom. The van der Waals surface area contributed by atoms with Crippen molar-refractivity contribution in [3.05, 3.63) is 64.1 Å². The molecule has 2 heterocycles. The molecule has 31 heavy (non-hydrogen) atoms. The number of rotatable bonds is 4. The van der Waals surface area contributed by atoms with Crippen molar-refractivity contribution in [3.63, 3.8) is 0 Å². The van der Waals surface area contributed by atoms with E-state index in [1.807, 2.05) is 24.3 Å². The van der Waals surface area contributed by atoms with E-state index < -0.39 is 29.9 Å². The summed E-state index contributed by atoms with van der Waals surface area (Å²) in [5.74, 6) is -2.16. The molecular formula is C23H24BrN3O4. The van der Waals surface area contributed by atoms with Crippen LogP contribution < -0.4 is 10.6 Å². The Kier molecular flexibility index (Phi) is 5.49. The fourth-order valence-electron chi connectivity index (χ4n) is 4.16. The van der Waals surface area contributed by atoms with Crippen molar-refractivity contribution in [2.75, 3.05) is 11.4 Å².